The third kappa shape index (κ3) is 2.25. The highest BCUT2D eigenvalue weighted by molar-refractivity contribution is 6.10. The van der Waals surface area contributed by atoms with Gasteiger partial charge in [0.2, 0.25) is 5.78 Å². The van der Waals surface area contributed by atoms with Crippen LogP contribution in [-0.2, 0) is 0 Å². The summed E-state index contributed by atoms with van der Waals surface area (Å²) in [7, 11) is 1.56. The van der Waals surface area contributed by atoms with Crippen LogP contribution in [-0.4, -0.2) is 17.9 Å². The molecule has 0 amide bonds. The zero-order valence-corrected chi connectivity index (χ0v) is 10.7. The Kier molecular flexibility index (Phi) is 3.42. The molecule has 0 unspecified atom stereocenters. The summed E-state index contributed by atoms with van der Waals surface area (Å²) in [4.78, 5) is 16.6. The van der Waals surface area contributed by atoms with Crippen LogP contribution in [0.25, 0.3) is 0 Å². The van der Waals surface area contributed by atoms with Crippen molar-refractivity contribution in [3.63, 3.8) is 0 Å². The van der Waals surface area contributed by atoms with Crippen molar-refractivity contribution in [2.75, 3.05) is 7.11 Å². The average Bonchev–Trinajstić information content (AvgIpc) is 2.38. The van der Waals surface area contributed by atoms with Crippen LogP contribution < -0.4 is 4.74 Å². The van der Waals surface area contributed by atoms with E-state index in [2.05, 4.69) is 4.98 Å². The molecule has 0 spiro atoms. The van der Waals surface area contributed by atoms with Crippen LogP contribution in [0.5, 0.6) is 5.75 Å². The number of para-hydroxylation sites is 1. The van der Waals surface area contributed by atoms with Crippen LogP contribution in [0.3, 0.4) is 0 Å². The third-order valence-electron chi connectivity index (χ3n) is 2.78. The molecule has 0 saturated carbocycles. The van der Waals surface area contributed by atoms with Gasteiger partial charge in [-0.3, -0.25) is 9.78 Å². The first kappa shape index (κ1) is 12.3. The van der Waals surface area contributed by atoms with Gasteiger partial charge in [-0.15, -0.1) is 0 Å². The van der Waals surface area contributed by atoms with Gasteiger partial charge in [0.1, 0.15) is 11.4 Å². The van der Waals surface area contributed by atoms with Gasteiger partial charge in [0, 0.05) is 6.20 Å². The maximum absolute atomic E-state index is 12.4. The second kappa shape index (κ2) is 5.00. The molecule has 0 N–H and O–H groups in total. The lowest BCUT2D eigenvalue weighted by atomic mass is 10.0. The first-order valence-corrected chi connectivity index (χ1v) is 5.74. The average molecular weight is 241 g/mol. The molecule has 3 nitrogen and oxygen atoms in total. The zero-order chi connectivity index (χ0) is 13.1. The Bertz CT molecular complexity index is 591. The number of ketones is 1. The smallest absolute Gasteiger partial charge is 0.215 e. The van der Waals surface area contributed by atoms with E-state index >= 15 is 0 Å². The van der Waals surface area contributed by atoms with Crippen molar-refractivity contribution in [3.05, 3.63) is 58.9 Å². The Morgan fingerprint density at radius 3 is 2.61 bits per heavy atom. The first-order valence-electron chi connectivity index (χ1n) is 5.74. The van der Waals surface area contributed by atoms with E-state index in [0.29, 0.717) is 17.0 Å². The second-order valence-corrected chi connectivity index (χ2v) is 4.21. The van der Waals surface area contributed by atoms with Crippen LogP contribution in [0.1, 0.15) is 27.2 Å². The second-order valence-electron chi connectivity index (χ2n) is 4.21. The van der Waals surface area contributed by atoms with E-state index in [-0.39, 0.29) is 5.78 Å². The van der Waals surface area contributed by atoms with Gasteiger partial charge >= 0.3 is 0 Å². The lowest BCUT2D eigenvalue weighted by Crippen LogP contribution is -2.08. The van der Waals surface area contributed by atoms with E-state index in [0.717, 1.165) is 11.1 Å². The normalized spacial score (nSPS) is 10.2. The predicted molar refractivity (Wildman–Crippen MR) is 70.1 cm³/mol. The molecular formula is C15H15NO2. The zero-order valence-electron chi connectivity index (χ0n) is 10.7. The van der Waals surface area contributed by atoms with Crippen LogP contribution in [0.2, 0.25) is 0 Å². The Hall–Kier alpha value is -2.16. The number of hydrogen-bond donors (Lipinski definition) is 0. The van der Waals surface area contributed by atoms with E-state index in [4.69, 9.17) is 4.74 Å². The van der Waals surface area contributed by atoms with Crippen LogP contribution in [0.4, 0.5) is 0 Å². The van der Waals surface area contributed by atoms with Crippen LogP contribution in [0, 0.1) is 13.8 Å². The first-order chi connectivity index (χ1) is 8.63. The van der Waals surface area contributed by atoms with Crippen LogP contribution in [0.15, 0.2) is 36.5 Å². The van der Waals surface area contributed by atoms with E-state index in [1.54, 1.807) is 25.4 Å². The van der Waals surface area contributed by atoms with Gasteiger partial charge in [0.15, 0.2) is 0 Å². The van der Waals surface area contributed by atoms with Gasteiger partial charge in [0.25, 0.3) is 0 Å². The van der Waals surface area contributed by atoms with Crippen molar-refractivity contribution < 1.29 is 9.53 Å². The lowest BCUT2D eigenvalue weighted by molar-refractivity contribution is 0.103. The molecule has 0 aliphatic carbocycles. The van der Waals surface area contributed by atoms with Gasteiger partial charge in [0.05, 0.1) is 12.7 Å². The number of benzene rings is 1. The summed E-state index contributed by atoms with van der Waals surface area (Å²) in [6.45, 7) is 3.85. The highest BCUT2D eigenvalue weighted by Gasteiger charge is 2.17. The number of ether oxygens (including phenoxy) is 1. The minimum Gasteiger partial charge on any atom is -0.496 e. The fourth-order valence-corrected chi connectivity index (χ4v) is 1.91. The molecule has 3 heteroatoms. The molecule has 92 valence electrons. The van der Waals surface area contributed by atoms with Gasteiger partial charge in [-0.1, -0.05) is 18.2 Å². The Labute approximate surface area is 106 Å². The molecule has 0 saturated heterocycles. The van der Waals surface area contributed by atoms with Crippen molar-refractivity contribution in [1.82, 2.24) is 4.98 Å². The van der Waals surface area contributed by atoms with E-state index in [1.807, 2.05) is 32.0 Å². The standard InChI is InChI=1S/C15H15NO2/c1-10-8-11(2)14(16-9-10)15(17)12-6-4-5-7-13(12)18-3/h4-9H,1-3H3. The number of rotatable bonds is 3. The van der Waals surface area contributed by atoms with E-state index in [9.17, 15) is 4.79 Å². The van der Waals surface area contributed by atoms with Crippen molar-refractivity contribution in [2.24, 2.45) is 0 Å². The highest BCUT2D eigenvalue weighted by Crippen LogP contribution is 2.21. The molecule has 0 atom stereocenters. The number of carbonyl (C=O) groups excluding carboxylic acids is 1. The SMILES string of the molecule is COc1ccccc1C(=O)c1ncc(C)cc1C. The van der Waals surface area contributed by atoms with Gasteiger partial charge in [-0.25, -0.2) is 0 Å². The molecule has 0 aliphatic rings. The summed E-state index contributed by atoms with van der Waals surface area (Å²) in [6, 6.07) is 9.14. The summed E-state index contributed by atoms with van der Waals surface area (Å²) >= 11 is 0. The summed E-state index contributed by atoms with van der Waals surface area (Å²) in [5.74, 6) is 0.467. The molecule has 0 bridgehead atoms. The maximum Gasteiger partial charge on any atom is 0.215 e. The largest absolute Gasteiger partial charge is 0.496 e. The van der Waals surface area contributed by atoms with Crippen molar-refractivity contribution in [1.29, 1.82) is 0 Å². The van der Waals surface area contributed by atoms with E-state index < -0.39 is 0 Å². The molecule has 0 radical (unpaired) electrons. The van der Waals surface area contributed by atoms with Crippen molar-refractivity contribution in [2.45, 2.75) is 13.8 Å². The fraction of sp³-hybridized carbons (Fsp3) is 0.200. The monoisotopic (exact) mass is 241 g/mol. The molecule has 0 aliphatic heterocycles. The minimum absolute atomic E-state index is 0.107. The number of hydrogen-bond acceptors (Lipinski definition) is 3. The maximum atomic E-state index is 12.4. The van der Waals surface area contributed by atoms with Crippen LogP contribution >= 0.6 is 0 Å². The van der Waals surface area contributed by atoms with E-state index in [1.165, 1.54) is 0 Å². The summed E-state index contributed by atoms with van der Waals surface area (Å²) in [5.41, 5.74) is 2.94. The fourth-order valence-electron chi connectivity index (χ4n) is 1.91. The van der Waals surface area contributed by atoms with Gasteiger partial charge in [-0.05, 0) is 37.1 Å². The van der Waals surface area contributed by atoms with Crippen molar-refractivity contribution >= 4 is 5.78 Å². The number of aromatic nitrogens is 1. The third-order valence-corrected chi connectivity index (χ3v) is 2.78. The summed E-state index contributed by atoms with van der Waals surface area (Å²) in [6.07, 6.45) is 1.70. The molecular weight excluding hydrogens is 226 g/mol. The van der Waals surface area contributed by atoms with Gasteiger partial charge < -0.3 is 4.74 Å². The topological polar surface area (TPSA) is 39.2 Å². The Morgan fingerprint density at radius 2 is 1.94 bits per heavy atom. The minimum atomic E-state index is -0.107. The molecule has 0 fully saturated rings. The molecule has 18 heavy (non-hydrogen) atoms. The predicted octanol–water partition coefficient (Wildman–Crippen LogP) is 2.94. The molecule has 1 aromatic heterocycles. The summed E-state index contributed by atoms with van der Waals surface area (Å²) < 4.78 is 5.20. The number of carbonyl (C=O) groups is 1. The Morgan fingerprint density at radius 1 is 1.22 bits per heavy atom. The Balaban J connectivity index is 2.48. The number of aryl methyl sites for hydroxylation is 2. The number of pyridine rings is 1. The molecule has 2 aromatic rings. The summed E-state index contributed by atoms with van der Waals surface area (Å²) in [5, 5.41) is 0. The lowest BCUT2D eigenvalue weighted by Gasteiger charge is -2.08. The molecule has 2 rings (SSSR count). The quantitative estimate of drug-likeness (QED) is 0.775. The van der Waals surface area contributed by atoms with Crippen molar-refractivity contribution in [3.8, 4) is 5.75 Å². The number of nitrogens with zero attached hydrogens (tertiary/aromatic N) is 1. The molecule has 1 heterocycles. The molecule has 1 aromatic carbocycles. The van der Waals surface area contributed by atoms with Gasteiger partial charge in [-0.2, -0.15) is 0 Å². The highest BCUT2D eigenvalue weighted by atomic mass is 16.5. The number of methoxy groups -OCH3 is 1.